The van der Waals surface area contributed by atoms with Crippen LogP contribution < -0.4 is 5.32 Å². The SMILES string of the molecule is CC(Nc1c(-c2c(F)cc(F)cc2F)c(Cl)nc2nc(C(F)(F)F)nn12)C(F)(F)F. The van der Waals surface area contributed by atoms with E-state index in [1.54, 1.807) is 5.32 Å². The van der Waals surface area contributed by atoms with Gasteiger partial charge in [0.05, 0.1) is 11.1 Å². The summed E-state index contributed by atoms with van der Waals surface area (Å²) in [5.74, 6) is -8.19. The minimum absolute atomic E-state index is 0.175. The summed E-state index contributed by atoms with van der Waals surface area (Å²) in [5, 5.41) is 3.92. The molecule has 0 amide bonds. The van der Waals surface area contributed by atoms with Crippen molar-refractivity contribution in [3.05, 3.63) is 40.6 Å². The van der Waals surface area contributed by atoms with Crippen molar-refractivity contribution in [2.24, 2.45) is 0 Å². The molecule has 3 aromatic rings. The van der Waals surface area contributed by atoms with Gasteiger partial charge in [-0.05, 0) is 6.92 Å². The first-order valence-electron chi connectivity index (χ1n) is 7.71. The summed E-state index contributed by atoms with van der Waals surface area (Å²) in [6.45, 7) is 0.586. The van der Waals surface area contributed by atoms with E-state index in [1.165, 1.54) is 0 Å². The summed E-state index contributed by atoms with van der Waals surface area (Å²) in [6.07, 6.45) is -10.0. The fourth-order valence-corrected chi connectivity index (χ4v) is 2.68. The Kier molecular flexibility index (Phi) is 5.25. The van der Waals surface area contributed by atoms with Crippen LogP contribution >= 0.6 is 11.6 Å². The second-order valence-corrected chi connectivity index (χ2v) is 6.28. The summed E-state index contributed by atoms with van der Waals surface area (Å²) >= 11 is 5.83. The van der Waals surface area contributed by atoms with Crippen LogP contribution in [0.1, 0.15) is 12.7 Å². The molecule has 0 bridgehead atoms. The average Bonchev–Trinajstić information content (AvgIpc) is 2.99. The topological polar surface area (TPSA) is 55.1 Å². The van der Waals surface area contributed by atoms with E-state index in [1.807, 2.05) is 0 Å². The average molecular weight is 464 g/mol. The van der Waals surface area contributed by atoms with E-state index in [0.29, 0.717) is 6.92 Å². The zero-order chi connectivity index (χ0) is 22.6. The van der Waals surface area contributed by atoms with Gasteiger partial charge in [0.15, 0.2) is 0 Å². The number of alkyl halides is 6. The fourth-order valence-electron chi connectivity index (χ4n) is 2.42. The molecule has 2 aromatic heterocycles. The smallest absolute Gasteiger partial charge is 0.358 e. The number of halogens is 10. The van der Waals surface area contributed by atoms with Crippen LogP contribution in [0, 0.1) is 17.5 Å². The van der Waals surface area contributed by atoms with Crippen molar-refractivity contribution in [3.63, 3.8) is 0 Å². The fraction of sp³-hybridized carbons (Fsp3) is 0.267. The molecule has 0 saturated heterocycles. The Hall–Kier alpha value is -2.77. The molecule has 1 unspecified atom stereocenters. The van der Waals surface area contributed by atoms with E-state index in [9.17, 15) is 39.5 Å². The Morgan fingerprint density at radius 3 is 2.03 bits per heavy atom. The molecule has 1 aromatic carbocycles. The normalized spacial score (nSPS) is 13.7. The van der Waals surface area contributed by atoms with Gasteiger partial charge in [-0.15, -0.1) is 5.10 Å². The van der Waals surface area contributed by atoms with Crippen LogP contribution in [-0.4, -0.2) is 31.8 Å². The Bertz CT molecular complexity index is 1100. The van der Waals surface area contributed by atoms with E-state index in [4.69, 9.17) is 11.6 Å². The van der Waals surface area contributed by atoms with Gasteiger partial charge in [-0.3, -0.25) is 0 Å². The lowest BCUT2D eigenvalue weighted by atomic mass is 10.1. The second-order valence-electron chi connectivity index (χ2n) is 5.92. The molecule has 0 aliphatic carbocycles. The highest BCUT2D eigenvalue weighted by molar-refractivity contribution is 6.33. The molecule has 162 valence electrons. The van der Waals surface area contributed by atoms with Crippen LogP contribution in [0.25, 0.3) is 16.9 Å². The summed E-state index contributed by atoms with van der Waals surface area (Å²) < 4.78 is 120. The van der Waals surface area contributed by atoms with E-state index in [0.717, 1.165) is 0 Å². The molecule has 0 spiro atoms. The Morgan fingerprint density at radius 2 is 1.53 bits per heavy atom. The van der Waals surface area contributed by atoms with Crippen LogP contribution in [0.15, 0.2) is 12.1 Å². The lowest BCUT2D eigenvalue weighted by Gasteiger charge is -2.21. The van der Waals surface area contributed by atoms with Gasteiger partial charge >= 0.3 is 12.4 Å². The lowest BCUT2D eigenvalue weighted by molar-refractivity contribution is -0.145. The molecule has 0 saturated carbocycles. The number of benzene rings is 1. The lowest BCUT2D eigenvalue weighted by Crippen LogP contribution is -2.34. The van der Waals surface area contributed by atoms with Crippen molar-refractivity contribution in [2.75, 3.05) is 5.32 Å². The van der Waals surface area contributed by atoms with Crippen molar-refractivity contribution < 1.29 is 39.5 Å². The molecule has 3 rings (SSSR count). The van der Waals surface area contributed by atoms with E-state index >= 15 is 0 Å². The third-order valence-corrected chi connectivity index (χ3v) is 4.07. The molecule has 0 radical (unpaired) electrons. The molecule has 0 aliphatic heterocycles. The van der Waals surface area contributed by atoms with Gasteiger partial charge in [0.25, 0.3) is 11.6 Å². The first kappa shape index (κ1) is 21.9. The molecule has 2 heterocycles. The first-order chi connectivity index (χ1) is 13.7. The minimum atomic E-state index is -5.11. The Balaban J connectivity index is 2.39. The van der Waals surface area contributed by atoms with E-state index < -0.39 is 69.5 Å². The van der Waals surface area contributed by atoms with Crippen molar-refractivity contribution in [1.82, 2.24) is 19.6 Å². The first-order valence-corrected chi connectivity index (χ1v) is 8.09. The van der Waals surface area contributed by atoms with Gasteiger partial charge in [0, 0.05) is 12.1 Å². The van der Waals surface area contributed by atoms with Crippen molar-refractivity contribution in [2.45, 2.75) is 25.3 Å². The van der Waals surface area contributed by atoms with Gasteiger partial charge in [-0.1, -0.05) is 11.6 Å². The Morgan fingerprint density at radius 1 is 0.967 bits per heavy atom. The largest absolute Gasteiger partial charge is 0.453 e. The predicted molar refractivity (Wildman–Crippen MR) is 85.2 cm³/mol. The van der Waals surface area contributed by atoms with Crippen LogP contribution in [-0.2, 0) is 6.18 Å². The molecule has 5 nitrogen and oxygen atoms in total. The standard InChI is InChI=1S/C15H7ClF9N5/c1-4(14(20,21)22)26-11-9(8-6(18)2-5(17)3-7(8)19)10(16)27-13-28-12(15(23,24)25)29-30(11)13/h2-4,26H,1H3. The van der Waals surface area contributed by atoms with Crippen LogP contribution in [0.5, 0.6) is 0 Å². The molecule has 1 atom stereocenters. The third kappa shape index (κ3) is 3.95. The minimum Gasteiger partial charge on any atom is -0.358 e. The molecule has 15 heteroatoms. The Labute approximate surface area is 165 Å². The van der Waals surface area contributed by atoms with Crippen LogP contribution in [0.4, 0.5) is 45.3 Å². The van der Waals surface area contributed by atoms with Gasteiger partial charge < -0.3 is 5.32 Å². The predicted octanol–water partition coefficient (Wildman–Crippen LogP) is 5.24. The summed E-state index contributed by atoms with van der Waals surface area (Å²) in [7, 11) is 0. The number of hydrogen-bond acceptors (Lipinski definition) is 4. The maximum Gasteiger partial charge on any atom is 0.453 e. The molecule has 30 heavy (non-hydrogen) atoms. The van der Waals surface area contributed by atoms with Crippen molar-refractivity contribution in [1.29, 1.82) is 0 Å². The van der Waals surface area contributed by atoms with Gasteiger partial charge in [0.2, 0.25) is 0 Å². The summed E-state index contributed by atoms with van der Waals surface area (Å²) in [4.78, 5) is 6.46. The number of fused-ring (bicyclic) bond motifs is 1. The summed E-state index contributed by atoms with van der Waals surface area (Å²) in [5.41, 5.74) is -2.04. The van der Waals surface area contributed by atoms with Crippen molar-refractivity contribution >= 4 is 23.2 Å². The zero-order valence-corrected chi connectivity index (χ0v) is 15.1. The number of hydrogen-bond donors (Lipinski definition) is 1. The van der Waals surface area contributed by atoms with Gasteiger partial charge in [-0.2, -0.15) is 40.8 Å². The number of anilines is 1. The molecule has 0 aliphatic rings. The second kappa shape index (κ2) is 7.18. The number of nitrogens with zero attached hydrogens (tertiary/aromatic N) is 4. The molecular formula is C15H7ClF9N5. The molecular weight excluding hydrogens is 457 g/mol. The maximum atomic E-state index is 14.3. The number of rotatable bonds is 3. The molecule has 1 N–H and O–H groups in total. The van der Waals surface area contributed by atoms with E-state index in [-0.39, 0.29) is 16.6 Å². The zero-order valence-electron chi connectivity index (χ0n) is 14.3. The highest BCUT2D eigenvalue weighted by Crippen LogP contribution is 2.39. The van der Waals surface area contributed by atoms with Crippen LogP contribution in [0.2, 0.25) is 5.15 Å². The maximum absolute atomic E-state index is 14.3. The van der Waals surface area contributed by atoms with Gasteiger partial charge in [0.1, 0.15) is 34.5 Å². The number of nitrogens with one attached hydrogen (secondary N) is 1. The van der Waals surface area contributed by atoms with E-state index in [2.05, 4.69) is 15.1 Å². The quantitative estimate of drug-likeness (QED) is 0.426. The summed E-state index contributed by atoms with van der Waals surface area (Å²) in [6, 6.07) is -2.01. The highest BCUT2D eigenvalue weighted by Gasteiger charge is 2.40. The highest BCUT2D eigenvalue weighted by atomic mass is 35.5. The monoisotopic (exact) mass is 463 g/mol. The third-order valence-electron chi connectivity index (χ3n) is 3.80. The molecule has 0 fully saturated rings. The number of aromatic nitrogens is 4. The van der Waals surface area contributed by atoms with Crippen molar-refractivity contribution in [3.8, 4) is 11.1 Å². The van der Waals surface area contributed by atoms with Crippen LogP contribution in [0.3, 0.4) is 0 Å². The van der Waals surface area contributed by atoms with Gasteiger partial charge in [-0.25, -0.2) is 13.2 Å².